The fourth-order valence-electron chi connectivity index (χ4n) is 1.26. The lowest BCUT2D eigenvalue weighted by molar-refractivity contribution is -0.164. The van der Waals surface area contributed by atoms with Gasteiger partial charge in [0.1, 0.15) is 6.10 Å². The van der Waals surface area contributed by atoms with E-state index in [-0.39, 0.29) is 25.0 Å². The Morgan fingerprint density at radius 1 is 1.77 bits per heavy atom. The molecular formula is C8H15NO4. The topological polar surface area (TPSA) is 81.8 Å². The highest BCUT2D eigenvalue weighted by molar-refractivity contribution is 5.73. The molecule has 0 aromatic heterocycles. The van der Waals surface area contributed by atoms with Crippen molar-refractivity contribution in [2.75, 3.05) is 13.2 Å². The zero-order valence-electron chi connectivity index (χ0n) is 7.66. The molecule has 13 heavy (non-hydrogen) atoms. The van der Waals surface area contributed by atoms with Crippen LogP contribution in [0.1, 0.15) is 19.8 Å². The van der Waals surface area contributed by atoms with Crippen LogP contribution in [-0.4, -0.2) is 36.1 Å². The standard InChI is InChI=1S/C8H15NO4/c1-8(3-2-7(9)11)12-5-6(4-10)13-8/h6,10H,2-5H2,1H3,(H2,9,11). The maximum absolute atomic E-state index is 10.5. The molecule has 3 N–H and O–H groups in total. The average Bonchev–Trinajstić information content (AvgIpc) is 2.45. The van der Waals surface area contributed by atoms with E-state index >= 15 is 0 Å². The first-order valence-corrected chi connectivity index (χ1v) is 4.27. The van der Waals surface area contributed by atoms with Crippen molar-refractivity contribution >= 4 is 5.91 Å². The highest BCUT2D eigenvalue weighted by Crippen LogP contribution is 2.27. The molecule has 0 spiro atoms. The number of aliphatic hydroxyl groups excluding tert-OH is 1. The van der Waals surface area contributed by atoms with Crippen molar-refractivity contribution in [1.82, 2.24) is 0 Å². The van der Waals surface area contributed by atoms with E-state index in [9.17, 15) is 4.79 Å². The monoisotopic (exact) mass is 189 g/mol. The fourth-order valence-corrected chi connectivity index (χ4v) is 1.26. The molecule has 5 heteroatoms. The van der Waals surface area contributed by atoms with Gasteiger partial charge in [0.15, 0.2) is 5.79 Å². The number of hydrogen-bond acceptors (Lipinski definition) is 4. The van der Waals surface area contributed by atoms with Crippen LogP contribution in [0.2, 0.25) is 0 Å². The molecule has 1 aliphatic rings. The van der Waals surface area contributed by atoms with Gasteiger partial charge in [0.25, 0.3) is 0 Å². The van der Waals surface area contributed by atoms with E-state index in [2.05, 4.69) is 0 Å². The molecule has 1 fully saturated rings. The number of rotatable bonds is 4. The van der Waals surface area contributed by atoms with E-state index in [0.29, 0.717) is 13.0 Å². The van der Waals surface area contributed by atoms with Crippen molar-refractivity contribution in [2.45, 2.75) is 31.7 Å². The van der Waals surface area contributed by atoms with Gasteiger partial charge in [0.2, 0.25) is 5.91 Å². The maximum atomic E-state index is 10.5. The number of carbonyl (C=O) groups excluding carboxylic acids is 1. The van der Waals surface area contributed by atoms with Crippen molar-refractivity contribution in [2.24, 2.45) is 5.73 Å². The molecule has 1 heterocycles. The molecule has 1 saturated heterocycles. The average molecular weight is 189 g/mol. The minimum atomic E-state index is -0.761. The third-order valence-electron chi connectivity index (χ3n) is 2.02. The van der Waals surface area contributed by atoms with Gasteiger partial charge in [-0.25, -0.2) is 0 Å². The minimum absolute atomic E-state index is 0.0633. The molecule has 5 nitrogen and oxygen atoms in total. The van der Waals surface area contributed by atoms with Gasteiger partial charge < -0.3 is 20.3 Å². The predicted octanol–water partition coefficient (Wildman–Crippen LogP) is -0.624. The molecule has 1 amide bonds. The molecule has 0 saturated carbocycles. The minimum Gasteiger partial charge on any atom is -0.394 e. The van der Waals surface area contributed by atoms with Crippen molar-refractivity contribution in [3.8, 4) is 0 Å². The Morgan fingerprint density at radius 3 is 2.92 bits per heavy atom. The number of amides is 1. The summed E-state index contributed by atoms with van der Waals surface area (Å²) in [5.74, 6) is -1.14. The quantitative estimate of drug-likeness (QED) is 0.617. The molecule has 0 aromatic carbocycles. The number of carbonyl (C=O) groups is 1. The number of hydrogen-bond donors (Lipinski definition) is 2. The Kier molecular flexibility index (Phi) is 3.24. The third-order valence-corrected chi connectivity index (χ3v) is 2.02. The summed E-state index contributed by atoms with van der Waals surface area (Å²) < 4.78 is 10.7. The summed E-state index contributed by atoms with van der Waals surface area (Å²) >= 11 is 0. The number of ether oxygens (including phenoxy) is 2. The van der Waals surface area contributed by atoms with Crippen molar-refractivity contribution < 1.29 is 19.4 Å². The van der Waals surface area contributed by atoms with Crippen LogP contribution in [0.5, 0.6) is 0 Å². The summed E-state index contributed by atoms with van der Waals surface area (Å²) in [6.07, 6.45) is 0.380. The first kappa shape index (κ1) is 10.4. The lowest BCUT2D eigenvalue weighted by Gasteiger charge is -2.22. The molecule has 0 bridgehead atoms. The van der Waals surface area contributed by atoms with E-state index in [1.165, 1.54) is 0 Å². The zero-order valence-corrected chi connectivity index (χ0v) is 7.66. The molecule has 76 valence electrons. The van der Waals surface area contributed by atoms with Crippen LogP contribution in [0.3, 0.4) is 0 Å². The third kappa shape index (κ3) is 2.95. The predicted molar refractivity (Wildman–Crippen MR) is 44.7 cm³/mol. The second-order valence-corrected chi connectivity index (χ2v) is 3.33. The molecule has 1 aliphatic heterocycles. The van der Waals surface area contributed by atoms with Gasteiger partial charge in [-0.1, -0.05) is 0 Å². The van der Waals surface area contributed by atoms with E-state index in [1.54, 1.807) is 6.92 Å². The van der Waals surface area contributed by atoms with Gasteiger partial charge in [0, 0.05) is 12.8 Å². The molecule has 2 unspecified atom stereocenters. The van der Waals surface area contributed by atoms with Crippen LogP contribution in [0.25, 0.3) is 0 Å². The Hall–Kier alpha value is -0.650. The Morgan fingerprint density at radius 2 is 2.46 bits per heavy atom. The van der Waals surface area contributed by atoms with Crippen LogP contribution in [0.15, 0.2) is 0 Å². The molecular weight excluding hydrogens is 174 g/mol. The molecule has 1 rings (SSSR count). The summed E-state index contributed by atoms with van der Waals surface area (Å²) in [4.78, 5) is 10.5. The SMILES string of the molecule is CC1(CCC(N)=O)OCC(CO)O1. The summed E-state index contributed by atoms with van der Waals surface area (Å²) in [5.41, 5.74) is 5.00. The van der Waals surface area contributed by atoms with Gasteiger partial charge in [-0.3, -0.25) is 4.79 Å². The Balaban J connectivity index is 2.35. The Labute approximate surface area is 76.8 Å². The van der Waals surface area contributed by atoms with Crippen molar-refractivity contribution in [3.63, 3.8) is 0 Å². The van der Waals surface area contributed by atoms with Gasteiger partial charge in [0.05, 0.1) is 13.2 Å². The second kappa shape index (κ2) is 4.04. The smallest absolute Gasteiger partial charge is 0.217 e. The first-order valence-electron chi connectivity index (χ1n) is 4.27. The molecule has 0 aromatic rings. The van der Waals surface area contributed by atoms with Crippen LogP contribution in [-0.2, 0) is 14.3 Å². The number of primary amides is 1. The lowest BCUT2D eigenvalue weighted by Crippen LogP contribution is -2.29. The zero-order chi connectivity index (χ0) is 9.90. The van der Waals surface area contributed by atoms with E-state index in [0.717, 1.165) is 0 Å². The van der Waals surface area contributed by atoms with Gasteiger partial charge in [-0.15, -0.1) is 0 Å². The first-order chi connectivity index (χ1) is 6.06. The van der Waals surface area contributed by atoms with Crippen LogP contribution in [0, 0.1) is 0 Å². The van der Waals surface area contributed by atoms with E-state index in [4.69, 9.17) is 20.3 Å². The Bertz CT molecular complexity index is 197. The van der Waals surface area contributed by atoms with Crippen LogP contribution in [0.4, 0.5) is 0 Å². The van der Waals surface area contributed by atoms with E-state index < -0.39 is 5.79 Å². The molecule has 0 radical (unpaired) electrons. The number of nitrogens with two attached hydrogens (primary N) is 1. The summed E-state index contributed by atoms with van der Waals surface area (Å²) in [6.45, 7) is 2.05. The summed E-state index contributed by atoms with van der Waals surface area (Å²) in [7, 11) is 0. The second-order valence-electron chi connectivity index (χ2n) is 3.33. The fraction of sp³-hybridized carbons (Fsp3) is 0.875. The van der Waals surface area contributed by atoms with Crippen molar-refractivity contribution in [3.05, 3.63) is 0 Å². The largest absolute Gasteiger partial charge is 0.394 e. The summed E-state index contributed by atoms with van der Waals surface area (Å²) in [5, 5.41) is 8.78. The lowest BCUT2D eigenvalue weighted by atomic mass is 10.1. The van der Waals surface area contributed by atoms with Gasteiger partial charge >= 0.3 is 0 Å². The highest BCUT2D eigenvalue weighted by Gasteiger charge is 2.36. The normalized spacial score (nSPS) is 33.5. The number of aliphatic hydroxyl groups is 1. The van der Waals surface area contributed by atoms with Crippen molar-refractivity contribution in [1.29, 1.82) is 0 Å². The summed E-state index contributed by atoms with van der Waals surface area (Å²) in [6, 6.07) is 0. The van der Waals surface area contributed by atoms with Gasteiger partial charge in [-0.2, -0.15) is 0 Å². The molecule has 2 atom stereocenters. The highest BCUT2D eigenvalue weighted by atomic mass is 16.7. The maximum Gasteiger partial charge on any atom is 0.217 e. The van der Waals surface area contributed by atoms with Gasteiger partial charge in [-0.05, 0) is 6.92 Å². The van der Waals surface area contributed by atoms with Crippen LogP contribution >= 0.6 is 0 Å². The molecule has 0 aliphatic carbocycles. The van der Waals surface area contributed by atoms with Crippen LogP contribution < -0.4 is 5.73 Å². The van der Waals surface area contributed by atoms with E-state index in [1.807, 2.05) is 0 Å².